The van der Waals surface area contributed by atoms with Gasteiger partial charge in [0.05, 0.1) is 6.42 Å². The molecule has 4 heterocycles. The molecule has 1 unspecified atom stereocenters. The number of carbonyl (C=O) groups is 3. The standard InChI is InChI=1S/C27H37N7O6/c1-16-14-22(34-11-7-18(8-12-34)20-6-5-19-4-3-10-28-25(19)32-20)30-17(2)31-24(16)29-15-21(26(37)38)33-27(39)40-13-9-23(35)36/h5-6,18,21,29H,3-4,7-15H2,1-2H3,(H,28,32)(H,33,39)(H,35,36)(H,37,38). The molecule has 1 atom stereocenters. The fraction of sp³-hybridized carbons (Fsp3) is 0.556. The number of carboxylic acid groups (broad SMARTS) is 2. The van der Waals surface area contributed by atoms with E-state index in [1.165, 1.54) is 5.56 Å². The highest BCUT2D eigenvalue weighted by atomic mass is 16.5. The fourth-order valence-electron chi connectivity index (χ4n) is 5.02. The highest BCUT2D eigenvalue weighted by Gasteiger charge is 2.27. The number of hydrogen-bond acceptors (Lipinski definition) is 10. The zero-order chi connectivity index (χ0) is 28.6. The molecule has 1 amide bonds. The van der Waals surface area contributed by atoms with Crippen LogP contribution in [0.2, 0.25) is 0 Å². The number of aryl methyl sites for hydroxylation is 1. The maximum Gasteiger partial charge on any atom is 0.407 e. The van der Waals surface area contributed by atoms with Crippen LogP contribution in [0.4, 0.5) is 10.6 Å². The number of fused-ring (bicyclic) bond motifs is 1. The van der Waals surface area contributed by atoms with Gasteiger partial charge in [-0.2, -0.15) is 0 Å². The highest BCUT2D eigenvalue weighted by Crippen LogP contribution is 2.31. The van der Waals surface area contributed by atoms with Crippen molar-refractivity contribution >= 4 is 35.5 Å². The van der Waals surface area contributed by atoms with Gasteiger partial charge in [0.1, 0.15) is 36.0 Å². The molecule has 40 heavy (non-hydrogen) atoms. The zero-order valence-corrected chi connectivity index (χ0v) is 22.9. The zero-order valence-electron chi connectivity index (χ0n) is 22.9. The molecule has 13 heteroatoms. The van der Waals surface area contributed by atoms with Gasteiger partial charge < -0.3 is 35.8 Å². The van der Waals surface area contributed by atoms with E-state index in [-0.39, 0.29) is 19.6 Å². The van der Waals surface area contributed by atoms with Gasteiger partial charge in [0.15, 0.2) is 0 Å². The van der Waals surface area contributed by atoms with Crippen LogP contribution in [0.5, 0.6) is 0 Å². The quantitative estimate of drug-likeness (QED) is 0.304. The highest BCUT2D eigenvalue weighted by molar-refractivity contribution is 5.98. The number of pyridine rings is 1. The van der Waals surface area contributed by atoms with E-state index in [9.17, 15) is 19.5 Å². The molecule has 0 bridgehead atoms. The lowest BCUT2D eigenvalue weighted by Crippen LogP contribution is -2.47. The van der Waals surface area contributed by atoms with Crippen LogP contribution >= 0.6 is 0 Å². The van der Waals surface area contributed by atoms with E-state index < -0.39 is 24.1 Å². The number of aromatic nitrogens is 1. The van der Waals surface area contributed by atoms with Crippen molar-refractivity contribution in [3.05, 3.63) is 34.8 Å². The van der Waals surface area contributed by atoms with Crippen LogP contribution in [0, 0.1) is 0 Å². The number of aliphatic carboxylic acids is 2. The molecule has 4 rings (SSSR count). The molecule has 1 saturated heterocycles. The van der Waals surface area contributed by atoms with E-state index in [0.29, 0.717) is 24.0 Å². The minimum atomic E-state index is -1.30. The second-order valence-corrected chi connectivity index (χ2v) is 10.2. The molecule has 216 valence electrons. The Balaban J connectivity index is 1.32. The van der Waals surface area contributed by atoms with Gasteiger partial charge >= 0.3 is 18.0 Å². The first kappa shape index (κ1) is 28.8. The second-order valence-electron chi connectivity index (χ2n) is 10.2. The Morgan fingerprint density at radius 2 is 1.95 bits per heavy atom. The number of carboxylic acids is 2. The number of nitrogens with one attached hydrogen (secondary N) is 3. The third-order valence-corrected chi connectivity index (χ3v) is 7.20. The molecule has 3 aliphatic heterocycles. The Bertz CT molecular complexity index is 1220. The minimum Gasteiger partial charge on any atom is -0.481 e. The summed E-state index contributed by atoms with van der Waals surface area (Å²) in [4.78, 5) is 50.6. The molecular formula is C27H37N7O6. The number of hydrogen-bond donors (Lipinski definition) is 5. The fourth-order valence-corrected chi connectivity index (χ4v) is 5.02. The first-order valence-electron chi connectivity index (χ1n) is 13.6. The average Bonchev–Trinajstić information content (AvgIpc) is 3.07. The van der Waals surface area contributed by atoms with Crippen LogP contribution in [0.25, 0.3) is 0 Å². The maximum absolute atomic E-state index is 11.9. The number of piperidine rings is 1. The molecule has 0 aliphatic carbocycles. The molecule has 1 aromatic heterocycles. The molecular weight excluding hydrogens is 518 g/mol. The van der Waals surface area contributed by atoms with Gasteiger partial charge in [0.25, 0.3) is 0 Å². The number of anilines is 1. The molecule has 5 N–H and O–H groups in total. The van der Waals surface area contributed by atoms with Crippen molar-refractivity contribution in [1.29, 1.82) is 0 Å². The molecule has 0 spiro atoms. The smallest absolute Gasteiger partial charge is 0.407 e. The number of carbonyl (C=O) groups excluding carboxylic acids is 1. The van der Waals surface area contributed by atoms with E-state index in [4.69, 9.17) is 19.8 Å². The van der Waals surface area contributed by atoms with Gasteiger partial charge in [-0.05, 0) is 56.7 Å². The van der Waals surface area contributed by atoms with Crippen LogP contribution in [-0.4, -0.2) is 88.6 Å². The number of aliphatic imine (C=N–C) groups is 2. The lowest BCUT2D eigenvalue weighted by Gasteiger charge is -2.34. The summed E-state index contributed by atoms with van der Waals surface area (Å²) in [5, 5.41) is 26.8. The topological polar surface area (TPSA) is 178 Å². The van der Waals surface area contributed by atoms with Crippen LogP contribution < -0.4 is 16.0 Å². The summed E-state index contributed by atoms with van der Waals surface area (Å²) in [7, 11) is 0. The predicted octanol–water partition coefficient (Wildman–Crippen LogP) is 2.31. The van der Waals surface area contributed by atoms with Crippen LogP contribution in [0.1, 0.15) is 63.1 Å². The Hall–Kier alpha value is -4.16. The van der Waals surface area contributed by atoms with E-state index >= 15 is 0 Å². The number of amides is 1. The molecule has 0 aromatic carbocycles. The van der Waals surface area contributed by atoms with Gasteiger partial charge in [-0.15, -0.1) is 0 Å². The van der Waals surface area contributed by atoms with Crippen molar-refractivity contribution in [3.8, 4) is 0 Å². The monoisotopic (exact) mass is 555 g/mol. The summed E-state index contributed by atoms with van der Waals surface area (Å²) in [5.74, 6) is 1.02. The van der Waals surface area contributed by atoms with Gasteiger partial charge in [0.2, 0.25) is 0 Å². The normalized spacial score (nSPS) is 18.4. The van der Waals surface area contributed by atoms with Crippen molar-refractivity contribution < 1.29 is 29.3 Å². The van der Waals surface area contributed by atoms with E-state index in [0.717, 1.165) is 68.2 Å². The summed E-state index contributed by atoms with van der Waals surface area (Å²) in [6.45, 7) is 5.90. The number of alkyl carbamates (subject to hydrolysis) is 1. The summed E-state index contributed by atoms with van der Waals surface area (Å²) < 4.78 is 4.73. The Morgan fingerprint density at radius 3 is 2.67 bits per heavy atom. The molecule has 13 nitrogen and oxygen atoms in total. The van der Waals surface area contributed by atoms with Gasteiger partial charge in [-0.25, -0.2) is 24.6 Å². The molecule has 3 aliphatic rings. The van der Waals surface area contributed by atoms with Crippen molar-refractivity contribution in [2.24, 2.45) is 9.98 Å². The third kappa shape index (κ3) is 7.70. The first-order valence-corrected chi connectivity index (χ1v) is 13.6. The average molecular weight is 556 g/mol. The Labute approximate surface area is 232 Å². The number of nitrogens with zero attached hydrogens (tertiary/aromatic N) is 4. The summed E-state index contributed by atoms with van der Waals surface area (Å²) in [5.41, 5.74) is 3.33. The van der Waals surface area contributed by atoms with Gasteiger partial charge in [-0.3, -0.25) is 4.79 Å². The van der Waals surface area contributed by atoms with Crippen LogP contribution in [0.15, 0.2) is 33.5 Å². The summed E-state index contributed by atoms with van der Waals surface area (Å²) in [6, 6.07) is 3.08. The molecule has 1 aromatic rings. The molecule has 1 fully saturated rings. The van der Waals surface area contributed by atoms with Crippen molar-refractivity contribution in [2.45, 2.75) is 64.3 Å². The van der Waals surface area contributed by atoms with Crippen molar-refractivity contribution in [1.82, 2.24) is 20.5 Å². The number of amidine groups is 2. The van der Waals surface area contributed by atoms with E-state index in [1.54, 1.807) is 6.92 Å². The van der Waals surface area contributed by atoms with Gasteiger partial charge in [-0.1, -0.05) is 6.07 Å². The van der Waals surface area contributed by atoms with E-state index in [2.05, 4.69) is 38.0 Å². The maximum atomic E-state index is 11.9. The Morgan fingerprint density at radius 1 is 1.18 bits per heavy atom. The van der Waals surface area contributed by atoms with Gasteiger partial charge in [0, 0.05) is 44.2 Å². The summed E-state index contributed by atoms with van der Waals surface area (Å²) in [6.07, 6.45) is 3.35. The largest absolute Gasteiger partial charge is 0.481 e. The lowest BCUT2D eigenvalue weighted by atomic mass is 9.92. The van der Waals surface area contributed by atoms with Crippen LogP contribution in [-0.2, 0) is 20.7 Å². The molecule has 0 saturated carbocycles. The number of rotatable bonds is 9. The van der Waals surface area contributed by atoms with Crippen LogP contribution in [0.3, 0.4) is 0 Å². The predicted molar refractivity (Wildman–Crippen MR) is 149 cm³/mol. The van der Waals surface area contributed by atoms with Crippen molar-refractivity contribution in [3.63, 3.8) is 0 Å². The number of likely N-dealkylation sites (tertiary alicyclic amines) is 1. The Kier molecular flexibility index (Phi) is 9.56. The summed E-state index contributed by atoms with van der Waals surface area (Å²) >= 11 is 0. The van der Waals surface area contributed by atoms with Crippen molar-refractivity contribution in [2.75, 3.05) is 38.1 Å². The lowest BCUT2D eigenvalue weighted by molar-refractivity contribution is -0.140. The second kappa shape index (κ2) is 13.3. The molecule has 0 radical (unpaired) electrons. The first-order chi connectivity index (χ1) is 19.2. The third-order valence-electron chi connectivity index (χ3n) is 7.20. The minimum absolute atomic E-state index is 0.143. The van der Waals surface area contributed by atoms with E-state index in [1.807, 2.05) is 6.92 Å². The number of ether oxygens (including phenoxy) is 1. The SMILES string of the molecule is CC1=NC(NCC(NC(=O)OCCC(=O)O)C(=O)O)=C(C)CC(N2CCC(c3ccc4c(n3)NCCC4)CC2)=N1.